The summed E-state index contributed by atoms with van der Waals surface area (Å²) in [5, 5.41) is 5.55. The molecule has 0 radical (unpaired) electrons. The van der Waals surface area contributed by atoms with E-state index in [1.54, 1.807) is 29.2 Å². The number of aromatic nitrogens is 2. The van der Waals surface area contributed by atoms with Gasteiger partial charge in [0.05, 0.1) is 17.5 Å². The third kappa shape index (κ3) is 4.63. The number of imidazole rings is 1. The molecule has 8 heteroatoms. The van der Waals surface area contributed by atoms with Crippen molar-refractivity contribution in [3.63, 3.8) is 0 Å². The zero-order valence-corrected chi connectivity index (χ0v) is 19.3. The summed E-state index contributed by atoms with van der Waals surface area (Å²) in [6, 6.07) is 23.8. The van der Waals surface area contributed by atoms with Gasteiger partial charge in [-0.15, -0.1) is 0 Å². The smallest absolute Gasteiger partial charge is 0.253 e. The quantitative estimate of drug-likeness (QED) is 0.427. The van der Waals surface area contributed by atoms with Crippen LogP contribution in [0, 0.1) is 0 Å². The molecule has 4 aromatic rings. The van der Waals surface area contributed by atoms with E-state index in [1.807, 2.05) is 59.2 Å². The summed E-state index contributed by atoms with van der Waals surface area (Å²) in [5.74, 6) is 0.000844. The van der Waals surface area contributed by atoms with E-state index in [2.05, 4.69) is 10.6 Å². The number of fused-ring (bicyclic) bond motifs is 3. The van der Waals surface area contributed by atoms with Gasteiger partial charge in [-0.1, -0.05) is 42.5 Å². The minimum Gasteiger partial charge on any atom is -0.326 e. The Hall–Kier alpha value is -4.46. The van der Waals surface area contributed by atoms with Crippen molar-refractivity contribution in [1.82, 2.24) is 9.55 Å². The molecule has 1 aromatic heterocycles. The third-order valence-corrected chi connectivity index (χ3v) is 6.02. The van der Waals surface area contributed by atoms with Gasteiger partial charge < -0.3 is 10.6 Å². The second-order valence-corrected chi connectivity index (χ2v) is 8.52. The molecule has 176 valence electrons. The molecule has 0 aliphatic carbocycles. The van der Waals surface area contributed by atoms with E-state index in [0.717, 1.165) is 16.6 Å². The first kappa shape index (κ1) is 22.3. The molecular weight excluding hydrogens is 442 g/mol. The number of anilines is 3. The maximum Gasteiger partial charge on any atom is 0.253 e. The zero-order valence-electron chi connectivity index (χ0n) is 19.3. The molecule has 35 heavy (non-hydrogen) atoms. The molecule has 5 rings (SSSR count). The molecule has 0 saturated carbocycles. The number of nitrogens with zero attached hydrogens (tertiary/aromatic N) is 3. The van der Waals surface area contributed by atoms with Gasteiger partial charge in [-0.05, 0) is 48.4 Å². The molecule has 2 N–H and O–H groups in total. The summed E-state index contributed by atoms with van der Waals surface area (Å²) in [6.07, 6.45) is 0.677. The van der Waals surface area contributed by atoms with Crippen LogP contribution in [-0.2, 0) is 20.8 Å². The Kier molecular flexibility index (Phi) is 6.01. The van der Waals surface area contributed by atoms with Crippen LogP contribution in [0.15, 0.2) is 78.9 Å². The molecule has 1 aliphatic rings. The van der Waals surface area contributed by atoms with Gasteiger partial charge in [-0.3, -0.25) is 23.9 Å². The molecule has 1 unspecified atom stereocenters. The highest BCUT2D eigenvalue weighted by Gasteiger charge is 2.40. The number of para-hydroxylation sites is 2. The van der Waals surface area contributed by atoms with Crippen LogP contribution in [-0.4, -0.2) is 33.8 Å². The summed E-state index contributed by atoms with van der Waals surface area (Å²) < 4.78 is 1.88. The Morgan fingerprint density at radius 2 is 1.54 bits per heavy atom. The first-order valence-electron chi connectivity index (χ1n) is 11.5. The maximum atomic E-state index is 13.5. The lowest BCUT2D eigenvalue weighted by molar-refractivity contribution is -0.124. The van der Waals surface area contributed by atoms with Crippen LogP contribution in [0.5, 0.6) is 0 Å². The number of carbonyl (C=O) groups is 3. The molecule has 3 amide bonds. The van der Waals surface area contributed by atoms with Crippen LogP contribution >= 0.6 is 0 Å². The Bertz CT molecular complexity index is 1400. The largest absolute Gasteiger partial charge is 0.326 e. The van der Waals surface area contributed by atoms with E-state index in [-0.39, 0.29) is 24.1 Å². The SMILES string of the molecule is CC(=O)Nc1ccc(NC(=O)CC2C(=O)N(CCc3ccccc3)c3nc4ccccc4n32)cc1. The summed E-state index contributed by atoms with van der Waals surface area (Å²) in [5.41, 5.74) is 3.98. The van der Waals surface area contributed by atoms with Gasteiger partial charge in [-0.2, -0.15) is 0 Å². The average molecular weight is 468 g/mol. The number of carbonyl (C=O) groups excluding carboxylic acids is 3. The number of hydrogen-bond acceptors (Lipinski definition) is 4. The fourth-order valence-electron chi connectivity index (χ4n) is 4.42. The van der Waals surface area contributed by atoms with E-state index < -0.39 is 6.04 Å². The first-order chi connectivity index (χ1) is 17.0. The lowest BCUT2D eigenvalue weighted by Gasteiger charge is -2.16. The fourth-order valence-corrected chi connectivity index (χ4v) is 4.42. The minimum atomic E-state index is -0.674. The van der Waals surface area contributed by atoms with Gasteiger partial charge in [0.25, 0.3) is 5.91 Å². The predicted molar refractivity (Wildman–Crippen MR) is 135 cm³/mol. The molecule has 2 heterocycles. The monoisotopic (exact) mass is 467 g/mol. The van der Waals surface area contributed by atoms with Crippen molar-refractivity contribution in [2.75, 3.05) is 22.1 Å². The number of amides is 3. The number of hydrogen-bond donors (Lipinski definition) is 2. The Morgan fingerprint density at radius 3 is 2.26 bits per heavy atom. The molecule has 0 spiro atoms. The number of rotatable bonds is 7. The lowest BCUT2D eigenvalue weighted by atomic mass is 10.1. The van der Waals surface area contributed by atoms with Crippen molar-refractivity contribution in [2.24, 2.45) is 0 Å². The Morgan fingerprint density at radius 1 is 0.886 bits per heavy atom. The van der Waals surface area contributed by atoms with Crippen LogP contribution in [0.4, 0.5) is 17.3 Å². The predicted octanol–water partition coefficient (Wildman–Crippen LogP) is 4.15. The van der Waals surface area contributed by atoms with Crippen molar-refractivity contribution in [2.45, 2.75) is 25.8 Å². The van der Waals surface area contributed by atoms with Crippen molar-refractivity contribution in [3.8, 4) is 0 Å². The second kappa shape index (κ2) is 9.42. The van der Waals surface area contributed by atoms with Crippen LogP contribution in [0.25, 0.3) is 11.0 Å². The van der Waals surface area contributed by atoms with E-state index in [0.29, 0.717) is 30.3 Å². The highest BCUT2D eigenvalue weighted by atomic mass is 16.2. The molecular formula is C27H25N5O3. The molecule has 8 nitrogen and oxygen atoms in total. The third-order valence-electron chi connectivity index (χ3n) is 6.02. The van der Waals surface area contributed by atoms with Crippen molar-refractivity contribution in [1.29, 1.82) is 0 Å². The van der Waals surface area contributed by atoms with E-state index in [1.165, 1.54) is 6.92 Å². The highest BCUT2D eigenvalue weighted by molar-refractivity contribution is 6.05. The van der Waals surface area contributed by atoms with Crippen molar-refractivity contribution >= 4 is 46.1 Å². The summed E-state index contributed by atoms with van der Waals surface area (Å²) in [7, 11) is 0. The standard InChI is InChI=1S/C27H25N5O3/c1-18(33)28-20-11-13-21(14-12-20)29-25(34)17-24-26(35)31(16-15-19-7-3-2-4-8-19)27-30-22-9-5-6-10-23(22)32(24)27/h2-14,24H,15-17H2,1H3,(H,28,33)(H,29,34). The zero-order chi connectivity index (χ0) is 24.4. The summed E-state index contributed by atoms with van der Waals surface area (Å²) in [4.78, 5) is 44.0. The molecule has 0 fully saturated rings. The van der Waals surface area contributed by atoms with Crippen molar-refractivity contribution < 1.29 is 14.4 Å². The lowest BCUT2D eigenvalue weighted by Crippen LogP contribution is -2.33. The molecule has 0 saturated heterocycles. The topological polar surface area (TPSA) is 96.3 Å². The highest BCUT2D eigenvalue weighted by Crippen LogP contribution is 2.36. The number of benzene rings is 3. The van der Waals surface area contributed by atoms with Crippen LogP contribution < -0.4 is 15.5 Å². The van der Waals surface area contributed by atoms with Gasteiger partial charge in [0, 0.05) is 24.8 Å². The molecule has 0 bridgehead atoms. The van der Waals surface area contributed by atoms with Gasteiger partial charge in [-0.25, -0.2) is 4.98 Å². The van der Waals surface area contributed by atoms with Crippen LogP contribution in [0.3, 0.4) is 0 Å². The van der Waals surface area contributed by atoms with Gasteiger partial charge in [0.2, 0.25) is 17.8 Å². The van der Waals surface area contributed by atoms with Gasteiger partial charge >= 0.3 is 0 Å². The van der Waals surface area contributed by atoms with E-state index >= 15 is 0 Å². The van der Waals surface area contributed by atoms with Crippen LogP contribution in [0.2, 0.25) is 0 Å². The second-order valence-electron chi connectivity index (χ2n) is 8.52. The summed E-state index contributed by atoms with van der Waals surface area (Å²) >= 11 is 0. The van der Waals surface area contributed by atoms with Crippen molar-refractivity contribution in [3.05, 3.63) is 84.4 Å². The van der Waals surface area contributed by atoms with Gasteiger partial charge in [0.15, 0.2) is 0 Å². The van der Waals surface area contributed by atoms with E-state index in [9.17, 15) is 14.4 Å². The minimum absolute atomic E-state index is 0.0124. The van der Waals surface area contributed by atoms with E-state index in [4.69, 9.17) is 4.98 Å². The fraction of sp³-hybridized carbons (Fsp3) is 0.185. The Labute approximate surface area is 202 Å². The first-order valence-corrected chi connectivity index (χ1v) is 11.5. The normalized spacial score (nSPS) is 14.7. The molecule has 1 atom stereocenters. The molecule has 1 aliphatic heterocycles. The summed E-state index contributed by atoms with van der Waals surface area (Å²) in [6.45, 7) is 1.92. The van der Waals surface area contributed by atoms with Gasteiger partial charge in [0.1, 0.15) is 6.04 Å². The molecule has 3 aromatic carbocycles. The maximum absolute atomic E-state index is 13.5. The number of nitrogens with one attached hydrogen (secondary N) is 2. The Balaban J connectivity index is 1.36. The average Bonchev–Trinajstić information content (AvgIpc) is 3.34. The van der Waals surface area contributed by atoms with Crippen LogP contribution in [0.1, 0.15) is 24.9 Å².